The minimum atomic E-state index is -0.221. The molecule has 5 heteroatoms. The van der Waals surface area contributed by atoms with E-state index >= 15 is 0 Å². The number of hydrogen-bond donors (Lipinski definition) is 1. The van der Waals surface area contributed by atoms with Gasteiger partial charge in [-0.3, -0.25) is 4.79 Å². The van der Waals surface area contributed by atoms with Crippen molar-refractivity contribution in [2.24, 2.45) is 0 Å². The molecule has 0 saturated carbocycles. The molecule has 1 aliphatic heterocycles. The van der Waals surface area contributed by atoms with E-state index in [1.54, 1.807) is 17.0 Å². The fraction of sp³-hybridized carbons (Fsp3) is 0.750. The van der Waals surface area contributed by atoms with Gasteiger partial charge in [0.1, 0.15) is 0 Å². The molecular weight excluding hydrogens is 264 g/mol. The minimum absolute atomic E-state index is 0.0217. The summed E-state index contributed by atoms with van der Waals surface area (Å²) in [6.45, 7) is 11.0. The zero-order valence-electron chi connectivity index (χ0n) is 13.7. The summed E-state index contributed by atoms with van der Waals surface area (Å²) in [5.74, 6) is 0.607. The molecule has 0 radical (unpaired) electrons. The van der Waals surface area contributed by atoms with E-state index in [9.17, 15) is 4.79 Å². The Morgan fingerprint density at radius 2 is 2.14 bits per heavy atom. The standard InChI is InChI=1S/C16H28N4O/c1-5-17-12-13-8-6-7-10-19(13)14-15(21)20(11-9-18-14)16(2,3)4/h9,11,13,17H,5-8,10,12H2,1-4H3. The zero-order chi connectivity index (χ0) is 15.5. The Kier molecular flexibility index (Phi) is 5.04. The van der Waals surface area contributed by atoms with E-state index in [1.807, 2.05) is 20.8 Å². The molecule has 2 heterocycles. The molecule has 0 bridgehead atoms. The van der Waals surface area contributed by atoms with Gasteiger partial charge in [0.05, 0.1) is 0 Å². The highest BCUT2D eigenvalue weighted by Crippen LogP contribution is 2.21. The Morgan fingerprint density at radius 1 is 1.38 bits per heavy atom. The van der Waals surface area contributed by atoms with Crippen LogP contribution in [0.4, 0.5) is 5.82 Å². The third-order valence-electron chi connectivity index (χ3n) is 4.07. The van der Waals surface area contributed by atoms with Gasteiger partial charge in [-0.05, 0) is 46.6 Å². The summed E-state index contributed by atoms with van der Waals surface area (Å²) in [7, 11) is 0. The average Bonchev–Trinajstić information content (AvgIpc) is 2.44. The van der Waals surface area contributed by atoms with Gasteiger partial charge in [-0.1, -0.05) is 6.92 Å². The molecule has 1 aliphatic rings. The second-order valence-electron chi connectivity index (χ2n) is 6.75. The summed E-state index contributed by atoms with van der Waals surface area (Å²) in [6.07, 6.45) is 7.02. The molecular formula is C16H28N4O. The van der Waals surface area contributed by atoms with Crippen molar-refractivity contribution in [3.8, 4) is 0 Å². The molecule has 1 N–H and O–H groups in total. The Labute approximate surface area is 127 Å². The summed E-state index contributed by atoms with van der Waals surface area (Å²) in [5, 5.41) is 3.40. The molecule has 2 rings (SSSR count). The second kappa shape index (κ2) is 6.60. The molecule has 1 atom stereocenters. The van der Waals surface area contributed by atoms with Crippen molar-refractivity contribution >= 4 is 5.82 Å². The number of anilines is 1. The molecule has 1 saturated heterocycles. The van der Waals surface area contributed by atoms with E-state index in [0.29, 0.717) is 11.9 Å². The third kappa shape index (κ3) is 3.64. The maximum atomic E-state index is 12.8. The molecule has 118 valence electrons. The second-order valence-corrected chi connectivity index (χ2v) is 6.75. The van der Waals surface area contributed by atoms with E-state index in [0.717, 1.165) is 32.5 Å². The van der Waals surface area contributed by atoms with Gasteiger partial charge in [0.15, 0.2) is 5.82 Å². The first-order chi connectivity index (χ1) is 9.95. The quantitative estimate of drug-likeness (QED) is 0.922. The van der Waals surface area contributed by atoms with Crippen LogP contribution in [0.2, 0.25) is 0 Å². The summed E-state index contributed by atoms with van der Waals surface area (Å²) in [6, 6.07) is 0.370. The Balaban J connectivity index is 2.33. The molecule has 0 spiro atoms. The van der Waals surface area contributed by atoms with Gasteiger partial charge in [0.25, 0.3) is 5.56 Å². The van der Waals surface area contributed by atoms with Crippen molar-refractivity contribution in [1.82, 2.24) is 14.9 Å². The highest BCUT2D eigenvalue weighted by atomic mass is 16.1. The molecule has 0 amide bonds. The molecule has 0 aromatic carbocycles. The smallest absolute Gasteiger partial charge is 0.293 e. The van der Waals surface area contributed by atoms with Gasteiger partial charge in [0, 0.05) is 37.1 Å². The Hall–Kier alpha value is -1.36. The van der Waals surface area contributed by atoms with Gasteiger partial charge >= 0.3 is 0 Å². The Morgan fingerprint density at radius 3 is 2.81 bits per heavy atom. The monoisotopic (exact) mass is 292 g/mol. The van der Waals surface area contributed by atoms with Crippen LogP contribution in [0.1, 0.15) is 47.0 Å². The number of rotatable bonds is 4. The topological polar surface area (TPSA) is 50.2 Å². The number of likely N-dealkylation sites (N-methyl/N-ethyl adjacent to an activating group) is 1. The van der Waals surface area contributed by atoms with E-state index in [1.165, 1.54) is 6.42 Å². The fourth-order valence-corrected chi connectivity index (χ4v) is 2.93. The number of piperidine rings is 1. The van der Waals surface area contributed by atoms with Crippen LogP contribution in [0, 0.1) is 0 Å². The first-order valence-electron chi connectivity index (χ1n) is 8.00. The maximum absolute atomic E-state index is 12.8. The maximum Gasteiger partial charge on any atom is 0.293 e. The van der Waals surface area contributed by atoms with Crippen LogP contribution in [0.5, 0.6) is 0 Å². The first-order valence-corrected chi connectivity index (χ1v) is 8.00. The average molecular weight is 292 g/mol. The van der Waals surface area contributed by atoms with Crippen LogP contribution in [0.15, 0.2) is 17.2 Å². The van der Waals surface area contributed by atoms with Crippen LogP contribution in [0.3, 0.4) is 0 Å². The van der Waals surface area contributed by atoms with Crippen LogP contribution < -0.4 is 15.8 Å². The van der Waals surface area contributed by atoms with Crippen LogP contribution in [0.25, 0.3) is 0 Å². The number of hydrogen-bond acceptors (Lipinski definition) is 4. The third-order valence-corrected chi connectivity index (χ3v) is 4.07. The van der Waals surface area contributed by atoms with Gasteiger partial charge in [-0.25, -0.2) is 4.98 Å². The van der Waals surface area contributed by atoms with Gasteiger partial charge in [-0.15, -0.1) is 0 Å². The van der Waals surface area contributed by atoms with Gasteiger partial charge in [0.2, 0.25) is 0 Å². The van der Waals surface area contributed by atoms with Crippen molar-refractivity contribution in [3.63, 3.8) is 0 Å². The lowest BCUT2D eigenvalue weighted by Crippen LogP contribution is -2.49. The molecule has 1 fully saturated rings. The minimum Gasteiger partial charge on any atom is -0.348 e. The number of aromatic nitrogens is 2. The molecule has 1 aromatic heterocycles. The lowest BCUT2D eigenvalue weighted by Gasteiger charge is -2.37. The van der Waals surface area contributed by atoms with Gasteiger partial charge < -0.3 is 14.8 Å². The molecule has 21 heavy (non-hydrogen) atoms. The van der Waals surface area contributed by atoms with Crippen molar-refractivity contribution in [2.75, 3.05) is 24.5 Å². The summed E-state index contributed by atoms with van der Waals surface area (Å²) in [5.41, 5.74) is -0.199. The van der Waals surface area contributed by atoms with Crippen molar-refractivity contribution in [1.29, 1.82) is 0 Å². The van der Waals surface area contributed by atoms with Crippen molar-refractivity contribution < 1.29 is 0 Å². The SMILES string of the molecule is CCNCC1CCCCN1c1nccn(C(C)(C)C)c1=O. The molecule has 0 aliphatic carbocycles. The summed E-state index contributed by atoms with van der Waals surface area (Å²) >= 11 is 0. The van der Waals surface area contributed by atoms with Crippen LogP contribution >= 0.6 is 0 Å². The first kappa shape index (κ1) is 16.0. The normalized spacial score (nSPS) is 19.8. The Bertz CT molecular complexity index is 518. The predicted octanol–water partition coefficient (Wildman–Crippen LogP) is 1.97. The lowest BCUT2D eigenvalue weighted by molar-refractivity contribution is 0.378. The predicted molar refractivity (Wildman–Crippen MR) is 87.0 cm³/mol. The van der Waals surface area contributed by atoms with E-state index < -0.39 is 0 Å². The van der Waals surface area contributed by atoms with Crippen LogP contribution in [-0.2, 0) is 5.54 Å². The van der Waals surface area contributed by atoms with Crippen LogP contribution in [-0.4, -0.2) is 35.2 Å². The molecule has 1 aromatic rings. The largest absolute Gasteiger partial charge is 0.348 e. The highest BCUT2D eigenvalue weighted by molar-refractivity contribution is 5.38. The highest BCUT2D eigenvalue weighted by Gasteiger charge is 2.27. The summed E-state index contributed by atoms with van der Waals surface area (Å²) in [4.78, 5) is 19.4. The number of nitrogens with one attached hydrogen (secondary N) is 1. The van der Waals surface area contributed by atoms with Gasteiger partial charge in [-0.2, -0.15) is 0 Å². The van der Waals surface area contributed by atoms with E-state index in [2.05, 4.69) is 22.1 Å². The number of nitrogens with zero attached hydrogens (tertiary/aromatic N) is 3. The summed E-state index contributed by atoms with van der Waals surface area (Å²) < 4.78 is 1.79. The fourth-order valence-electron chi connectivity index (χ4n) is 2.93. The molecule has 1 unspecified atom stereocenters. The van der Waals surface area contributed by atoms with E-state index in [-0.39, 0.29) is 11.1 Å². The van der Waals surface area contributed by atoms with E-state index in [4.69, 9.17) is 0 Å². The zero-order valence-corrected chi connectivity index (χ0v) is 13.7. The van der Waals surface area contributed by atoms with Crippen molar-refractivity contribution in [2.45, 2.75) is 58.5 Å². The molecule has 5 nitrogen and oxygen atoms in total. The van der Waals surface area contributed by atoms with Crippen molar-refractivity contribution in [3.05, 3.63) is 22.7 Å². The lowest BCUT2D eigenvalue weighted by atomic mass is 10.0.